The Kier molecular flexibility index (Phi) is 5.92. The Balaban J connectivity index is 1.69. The van der Waals surface area contributed by atoms with Crippen molar-refractivity contribution in [3.63, 3.8) is 0 Å². The molecule has 2 aromatic rings. The van der Waals surface area contributed by atoms with Gasteiger partial charge in [-0.25, -0.2) is 0 Å². The van der Waals surface area contributed by atoms with E-state index in [1.165, 1.54) is 0 Å². The lowest BCUT2D eigenvalue weighted by molar-refractivity contribution is -0.121. The van der Waals surface area contributed by atoms with Crippen LogP contribution in [0.3, 0.4) is 0 Å². The van der Waals surface area contributed by atoms with Crippen LogP contribution in [0.15, 0.2) is 36.4 Å². The highest BCUT2D eigenvalue weighted by Gasteiger charge is 2.26. The molecule has 0 saturated carbocycles. The van der Waals surface area contributed by atoms with Crippen molar-refractivity contribution in [1.29, 1.82) is 5.26 Å². The second kappa shape index (κ2) is 8.78. The van der Waals surface area contributed by atoms with Gasteiger partial charge in [0, 0.05) is 24.8 Å². The van der Waals surface area contributed by atoms with Gasteiger partial charge in [-0.1, -0.05) is 12.1 Å². The first-order chi connectivity index (χ1) is 15.0. The van der Waals surface area contributed by atoms with Crippen LogP contribution in [0.2, 0.25) is 0 Å². The number of nitriles is 1. The molecule has 0 spiro atoms. The highest BCUT2D eigenvalue weighted by Crippen LogP contribution is 2.36. The highest BCUT2D eigenvalue weighted by atomic mass is 16.2. The maximum absolute atomic E-state index is 12.9. The van der Waals surface area contributed by atoms with Crippen molar-refractivity contribution >= 4 is 17.5 Å². The number of hydrogen-bond donors (Lipinski definition) is 2. The number of nitrogens with zero attached hydrogens (tertiary/aromatic N) is 3. The molecule has 1 atom stereocenters. The lowest BCUT2D eigenvalue weighted by Crippen LogP contribution is -2.38. The van der Waals surface area contributed by atoms with Crippen molar-refractivity contribution in [3.8, 4) is 17.3 Å². The van der Waals surface area contributed by atoms with Crippen LogP contribution in [-0.2, 0) is 17.9 Å². The Morgan fingerprint density at radius 1 is 1.19 bits per heavy atom. The van der Waals surface area contributed by atoms with E-state index in [0.29, 0.717) is 18.7 Å². The first-order valence-electron chi connectivity index (χ1n) is 10.6. The van der Waals surface area contributed by atoms with E-state index >= 15 is 0 Å². The van der Waals surface area contributed by atoms with Gasteiger partial charge in [-0.15, -0.1) is 0 Å². The number of rotatable bonds is 4. The molecular formula is C24H27N5O2. The van der Waals surface area contributed by atoms with Crippen molar-refractivity contribution in [2.24, 2.45) is 5.92 Å². The van der Waals surface area contributed by atoms with E-state index in [-0.39, 0.29) is 17.7 Å². The summed E-state index contributed by atoms with van der Waals surface area (Å²) in [7, 11) is 3.65. The third-order valence-corrected chi connectivity index (χ3v) is 6.12. The quantitative estimate of drug-likeness (QED) is 0.747. The number of amides is 2. The normalized spacial score (nSPS) is 18.2. The lowest BCUT2D eigenvalue weighted by atomic mass is 9.94. The van der Waals surface area contributed by atoms with Crippen molar-refractivity contribution in [3.05, 3.63) is 53.1 Å². The van der Waals surface area contributed by atoms with Gasteiger partial charge in [0.2, 0.25) is 5.91 Å². The van der Waals surface area contributed by atoms with Crippen molar-refractivity contribution in [2.45, 2.75) is 25.9 Å². The summed E-state index contributed by atoms with van der Waals surface area (Å²) < 4.78 is 0. The van der Waals surface area contributed by atoms with Crippen LogP contribution in [0.4, 0.5) is 5.69 Å². The molecule has 1 saturated heterocycles. The first-order valence-corrected chi connectivity index (χ1v) is 10.6. The third kappa shape index (κ3) is 4.39. The number of hydrogen-bond acceptors (Lipinski definition) is 5. The summed E-state index contributed by atoms with van der Waals surface area (Å²) in [5, 5.41) is 15.2. The topological polar surface area (TPSA) is 88.5 Å². The van der Waals surface area contributed by atoms with E-state index in [4.69, 9.17) is 0 Å². The predicted octanol–water partition coefficient (Wildman–Crippen LogP) is 2.79. The average molecular weight is 418 g/mol. The Morgan fingerprint density at radius 2 is 2.03 bits per heavy atom. The molecule has 1 unspecified atom stereocenters. The monoisotopic (exact) mass is 417 g/mol. The molecule has 2 N–H and O–H groups in total. The van der Waals surface area contributed by atoms with Crippen LogP contribution in [0.5, 0.6) is 0 Å². The summed E-state index contributed by atoms with van der Waals surface area (Å²) in [6.07, 6.45) is 4.14. The van der Waals surface area contributed by atoms with Gasteiger partial charge in [0.25, 0.3) is 5.91 Å². The van der Waals surface area contributed by atoms with Crippen LogP contribution < -0.4 is 10.6 Å². The lowest BCUT2D eigenvalue weighted by Gasteiger charge is -2.28. The summed E-state index contributed by atoms with van der Waals surface area (Å²) >= 11 is 0. The summed E-state index contributed by atoms with van der Waals surface area (Å²) in [6.45, 7) is 2.83. The van der Waals surface area contributed by atoms with Crippen molar-refractivity contribution in [1.82, 2.24) is 15.1 Å². The van der Waals surface area contributed by atoms with Gasteiger partial charge in [-0.3, -0.25) is 9.59 Å². The molecule has 2 aromatic carbocycles. The maximum Gasteiger partial charge on any atom is 0.251 e. The van der Waals surface area contributed by atoms with Crippen LogP contribution in [-0.4, -0.2) is 48.8 Å². The molecule has 1 fully saturated rings. The highest BCUT2D eigenvalue weighted by molar-refractivity contribution is 5.96. The number of fused-ring (bicyclic) bond motifs is 1. The standard InChI is InChI=1S/C24H27N5O2/c1-26-23(30)17-6-3-5-16(9-17)21-11-20(10-19-13-29(15-25)14-22(19)21)27-24(31)18-7-4-8-28(2)12-18/h3,5-6,9-11,18H,4,7-8,12-14H2,1-2H3,(H,26,30)(H,27,31). The fourth-order valence-corrected chi connectivity index (χ4v) is 4.51. The third-order valence-electron chi connectivity index (χ3n) is 6.12. The molecule has 7 nitrogen and oxygen atoms in total. The molecule has 2 amide bonds. The number of anilines is 1. The summed E-state index contributed by atoms with van der Waals surface area (Å²) in [4.78, 5) is 28.9. The molecule has 31 heavy (non-hydrogen) atoms. The van der Waals surface area contributed by atoms with Crippen LogP contribution in [0.25, 0.3) is 11.1 Å². The molecule has 0 aromatic heterocycles. The Bertz CT molecular complexity index is 1060. The molecule has 160 valence electrons. The summed E-state index contributed by atoms with van der Waals surface area (Å²) in [5.41, 5.74) is 5.23. The number of carbonyl (C=O) groups excluding carboxylic acids is 2. The molecule has 0 bridgehead atoms. The minimum absolute atomic E-state index is 0.0253. The van der Waals surface area contributed by atoms with Gasteiger partial charge < -0.3 is 20.4 Å². The van der Waals surface area contributed by atoms with E-state index < -0.39 is 0 Å². The molecule has 0 aliphatic carbocycles. The van der Waals surface area contributed by atoms with Crippen LogP contribution in [0.1, 0.15) is 34.3 Å². The number of likely N-dealkylation sites (tertiary alicyclic amines) is 1. The Hall–Kier alpha value is -3.37. The van der Waals surface area contributed by atoms with Gasteiger partial charge in [0.1, 0.15) is 0 Å². The van der Waals surface area contributed by atoms with Gasteiger partial charge in [0.05, 0.1) is 19.0 Å². The van der Waals surface area contributed by atoms with E-state index in [0.717, 1.165) is 53.9 Å². The van der Waals surface area contributed by atoms with Crippen molar-refractivity contribution < 1.29 is 9.59 Å². The fraction of sp³-hybridized carbons (Fsp3) is 0.375. The second-order valence-electron chi connectivity index (χ2n) is 8.37. The maximum atomic E-state index is 12.9. The zero-order valence-corrected chi connectivity index (χ0v) is 17.9. The second-order valence-corrected chi connectivity index (χ2v) is 8.37. The first kappa shape index (κ1) is 20.9. The Labute approximate surface area is 182 Å². The molecule has 2 heterocycles. The van der Waals surface area contributed by atoms with E-state index in [1.807, 2.05) is 37.4 Å². The number of carbonyl (C=O) groups is 2. The molecule has 7 heteroatoms. The molecule has 4 rings (SSSR count). The summed E-state index contributed by atoms with van der Waals surface area (Å²) in [5.74, 6) is -0.141. The average Bonchev–Trinajstić information content (AvgIpc) is 3.21. The number of benzene rings is 2. The minimum Gasteiger partial charge on any atom is -0.355 e. The molecule has 2 aliphatic rings. The van der Waals surface area contributed by atoms with Gasteiger partial charge in [0.15, 0.2) is 6.19 Å². The zero-order valence-electron chi connectivity index (χ0n) is 17.9. The largest absolute Gasteiger partial charge is 0.355 e. The van der Waals surface area contributed by atoms with Crippen LogP contribution in [0, 0.1) is 17.4 Å². The van der Waals surface area contributed by atoms with Gasteiger partial charge >= 0.3 is 0 Å². The zero-order chi connectivity index (χ0) is 22.0. The van der Waals surface area contributed by atoms with E-state index in [1.54, 1.807) is 18.0 Å². The van der Waals surface area contributed by atoms with Crippen molar-refractivity contribution in [2.75, 3.05) is 32.5 Å². The van der Waals surface area contributed by atoms with Gasteiger partial charge in [-0.2, -0.15) is 5.26 Å². The summed E-state index contributed by atoms with van der Waals surface area (Å²) in [6, 6.07) is 11.4. The SMILES string of the molecule is CNC(=O)c1cccc(-c2cc(NC(=O)C3CCCN(C)C3)cc3c2CN(C#N)C3)c1. The number of piperidine rings is 1. The predicted molar refractivity (Wildman–Crippen MR) is 119 cm³/mol. The smallest absolute Gasteiger partial charge is 0.251 e. The molecular weight excluding hydrogens is 390 g/mol. The molecule has 2 aliphatic heterocycles. The van der Waals surface area contributed by atoms with E-state index in [9.17, 15) is 14.9 Å². The van der Waals surface area contributed by atoms with Crippen LogP contribution >= 0.6 is 0 Å². The Morgan fingerprint density at radius 3 is 2.77 bits per heavy atom. The minimum atomic E-state index is -0.150. The van der Waals surface area contributed by atoms with Gasteiger partial charge in [-0.05, 0) is 73.0 Å². The van der Waals surface area contributed by atoms with E-state index in [2.05, 4.69) is 21.7 Å². The number of nitrogens with one attached hydrogen (secondary N) is 2. The molecule has 0 radical (unpaired) electrons. The fourth-order valence-electron chi connectivity index (χ4n) is 4.51.